The van der Waals surface area contributed by atoms with Gasteiger partial charge in [-0.15, -0.1) is 12.3 Å². The number of methoxy groups -OCH3 is 1. The van der Waals surface area contributed by atoms with Gasteiger partial charge in [0, 0.05) is 13.0 Å². The van der Waals surface area contributed by atoms with Crippen molar-refractivity contribution in [3.05, 3.63) is 29.8 Å². The Hall–Kier alpha value is -1.50. The van der Waals surface area contributed by atoms with Crippen molar-refractivity contribution in [2.45, 2.75) is 25.4 Å². The van der Waals surface area contributed by atoms with E-state index >= 15 is 0 Å². The molecule has 0 aromatic heterocycles. The first kappa shape index (κ1) is 14.6. The molecule has 0 saturated carbocycles. The first-order chi connectivity index (χ1) is 8.77. The Bertz CT molecular complexity index is 367. The van der Waals surface area contributed by atoms with Crippen molar-refractivity contribution >= 4 is 0 Å². The lowest BCUT2D eigenvalue weighted by Gasteiger charge is -2.12. The fraction of sp³-hybridized carbons (Fsp3) is 0.467. The van der Waals surface area contributed by atoms with Crippen LogP contribution in [0, 0.1) is 12.3 Å². The van der Waals surface area contributed by atoms with Gasteiger partial charge in [-0.3, -0.25) is 0 Å². The largest absolute Gasteiger partial charge is 0.497 e. The summed E-state index contributed by atoms with van der Waals surface area (Å²) in [4.78, 5) is 0. The fourth-order valence-electron chi connectivity index (χ4n) is 1.66. The van der Waals surface area contributed by atoms with Crippen LogP contribution in [0.4, 0.5) is 0 Å². The van der Waals surface area contributed by atoms with Gasteiger partial charge in [-0.2, -0.15) is 0 Å². The highest BCUT2D eigenvalue weighted by atomic mass is 16.5. The third-order valence-corrected chi connectivity index (χ3v) is 2.76. The molecule has 1 rings (SSSR count). The van der Waals surface area contributed by atoms with Gasteiger partial charge in [0.2, 0.25) is 0 Å². The summed E-state index contributed by atoms with van der Waals surface area (Å²) in [6.07, 6.45) is 7.58. The summed E-state index contributed by atoms with van der Waals surface area (Å²) >= 11 is 0. The van der Waals surface area contributed by atoms with Crippen molar-refractivity contribution in [3.63, 3.8) is 0 Å². The molecule has 0 amide bonds. The molecule has 3 nitrogen and oxygen atoms in total. The standard InChI is InChI=1S/C15H21NO2/c1-3-4-5-6-11-16-12-15(17)13-7-9-14(18-2)10-8-13/h1,7-10,15-17H,4-6,11-12H2,2H3. The molecular weight excluding hydrogens is 226 g/mol. The maximum Gasteiger partial charge on any atom is 0.118 e. The van der Waals surface area contributed by atoms with E-state index in [1.807, 2.05) is 24.3 Å². The van der Waals surface area contributed by atoms with Crippen LogP contribution in [-0.2, 0) is 0 Å². The monoisotopic (exact) mass is 247 g/mol. The van der Waals surface area contributed by atoms with Gasteiger partial charge < -0.3 is 15.2 Å². The summed E-state index contributed by atoms with van der Waals surface area (Å²) in [7, 11) is 1.63. The first-order valence-corrected chi connectivity index (χ1v) is 6.24. The van der Waals surface area contributed by atoms with Gasteiger partial charge in [0.1, 0.15) is 5.75 Å². The highest BCUT2D eigenvalue weighted by Gasteiger charge is 2.06. The van der Waals surface area contributed by atoms with Gasteiger partial charge in [0.05, 0.1) is 13.2 Å². The summed E-state index contributed by atoms with van der Waals surface area (Å²) in [5, 5.41) is 13.2. The van der Waals surface area contributed by atoms with Crippen LogP contribution in [0.3, 0.4) is 0 Å². The Kier molecular flexibility index (Phi) is 6.93. The predicted molar refractivity (Wildman–Crippen MR) is 73.5 cm³/mol. The van der Waals surface area contributed by atoms with Gasteiger partial charge in [-0.1, -0.05) is 12.1 Å². The zero-order valence-corrected chi connectivity index (χ0v) is 10.9. The van der Waals surface area contributed by atoms with Crippen molar-refractivity contribution in [2.24, 2.45) is 0 Å². The minimum atomic E-state index is -0.483. The topological polar surface area (TPSA) is 41.5 Å². The SMILES string of the molecule is C#CCCCCNCC(O)c1ccc(OC)cc1. The maximum atomic E-state index is 9.95. The van der Waals surface area contributed by atoms with Crippen molar-refractivity contribution in [1.29, 1.82) is 0 Å². The van der Waals surface area contributed by atoms with E-state index in [0.29, 0.717) is 6.54 Å². The van der Waals surface area contributed by atoms with Gasteiger partial charge >= 0.3 is 0 Å². The summed E-state index contributed by atoms with van der Waals surface area (Å²) in [6, 6.07) is 7.46. The maximum absolute atomic E-state index is 9.95. The molecule has 2 N–H and O–H groups in total. The number of terminal acetylenes is 1. The second-order valence-corrected chi connectivity index (χ2v) is 4.15. The molecule has 1 atom stereocenters. The number of ether oxygens (including phenoxy) is 1. The van der Waals surface area contributed by atoms with Crippen LogP contribution >= 0.6 is 0 Å². The summed E-state index contributed by atoms with van der Waals surface area (Å²) < 4.78 is 5.07. The van der Waals surface area contributed by atoms with Crippen LogP contribution in [0.2, 0.25) is 0 Å². The molecule has 18 heavy (non-hydrogen) atoms. The molecule has 1 aromatic rings. The van der Waals surface area contributed by atoms with Gasteiger partial charge in [0.15, 0.2) is 0 Å². The lowest BCUT2D eigenvalue weighted by Crippen LogP contribution is -2.22. The van der Waals surface area contributed by atoms with Gasteiger partial charge in [-0.25, -0.2) is 0 Å². The van der Waals surface area contributed by atoms with Crippen molar-refractivity contribution in [3.8, 4) is 18.1 Å². The van der Waals surface area contributed by atoms with Crippen LogP contribution in [0.15, 0.2) is 24.3 Å². The first-order valence-electron chi connectivity index (χ1n) is 6.24. The van der Waals surface area contributed by atoms with E-state index in [-0.39, 0.29) is 0 Å². The summed E-state index contributed by atoms with van der Waals surface area (Å²) in [5.74, 6) is 3.41. The Morgan fingerprint density at radius 2 is 2.06 bits per heavy atom. The average molecular weight is 247 g/mol. The molecule has 1 aromatic carbocycles. The van der Waals surface area contributed by atoms with Crippen LogP contribution < -0.4 is 10.1 Å². The molecule has 0 radical (unpaired) electrons. The van der Waals surface area contributed by atoms with E-state index in [2.05, 4.69) is 11.2 Å². The van der Waals surface area contributed by atoms with E-state index in [9.17, 15) is 5.11 Å². The molecule has 0 saturated heterocycles. The van der Waals surface area contributed by atoms with E-state index in [1.165, 1.54) is 0 Å². The number of rotatable bonds is 8. The van der Waals surface area contributed by atoms with Crippen LogP contribution in [-0.4, -0.2) is 25.3 Å². The molecular formula is C15H21NO2. The predicted octanol–water partition coefficient (Wildman–Crippen LogP) is 2.12. The molecule has 0 spiro atoms. The molecule has 1 unspecified atom stereocenters. The van der Waals surface area contributed by atoms with Crippen LogP contribution in [0.5, 0.6) is 5.75 Å². The zero-order chi connectivity index (χ0) is 13.2. The van der Waals surface area contributed by atoms with Crippen LogP contribution in [0.1, 0.15) is 30.9 Å². The molecule has 98 valence electrons. The number of benzene rings is 1. The molecule has 0 aliphatic carbocycles. The van der Waals surface area contributed by atoms with Gasteiger partial charge in [-0.05, 0) is 37.1 Å². The normalized spacial score (nSPS) is 11.8. The Labute approximate surface area is 109 Å². The molecule has 0 heterocycles. The second-order valence-electron chi connectivity index (χ2n) is 4.15. The molecule has 0 aliphatic heterocycles. The van der Waals surface area contributed by atoms with E-state index in [4.69, 9.17) is 11.2 Å². The third-order valence-electron chi connectivity index (χ3n) is 2.76. The summed E-state index contributed by atoms with van der Waals surface area (Å²) in [5.41, 5.74) is 0.895. The van der Waals surface area contributed by atoms with E-state index in [0.717, 1.165) is 37.1 Å². The average Bonchev–Trinajstić information content (AvgIpc) is 2.42. The van der Waals surface area contributed by atoms with Crippen molar-refractivity contribution in [2.75, 3.05) is 20.2 Å². The van der Waals surface area contributed by atoms with E-state index < -0.39 is 6.10 Å². The highest BCUT2D eigenvalue weighted by molar-refractivity contribution is 5.28. The number of hydrogen-bond donors (Lipinski definition) is 2. The molecule has 0 aliphatic rings. The minimum Gasteiger partial charge on any atom is -0.497 e. The zero-order valence-electron chi connectivity index (χ0n) is 10.9. The third kappa shape index (κ3) is 5.22. The number of unbranched alkanes of at least 4 members (excludes halogenated alkanes) is 2. The second kappa shape index (κ2) is 8.57. The quantitative estimate of drug-likeness (QED) is 0.546. The minimum absolute atomic E-state index is 0.483. The Morgan fingerprint density at radius 1 is 1.33 bits per heavy atom. The highest BCUT2D eigenvalue weighted by Crippen LogP contribution is 2.16. The molecule has 3 heteroatoms. The number of hydrogen-bond acceptors (Lipinski definition) is 3. The Morgan fingerprint density at radius 3 is 2.67 bits per heavy atom. The van der Waals surface area contributed by atoms with Crippen LogP contribution in [0.25, 0.3) is 0 Å². The number of aliphatic hydroxyl groups is 1. The smallest absolute Gasteiger partial charge is 0.118 e. The summed E-state index contributed by atoms with van der Waals surface area (Å²) in [6.45, 7) is 1.44. The van der Waals surface area contributed by atoms with Crippen molar-refractivity contribution in [1.82, 2.24) is 5.32 Å². The lowest BCUT2D eigenvalue weighted by molar-refractivity contribution is 0.174. The fourth-order valence-corrected chi connectivity index (χ4v) is 1.66. The van der Waals surface area contributed by atoms with Gasteiger partial charge in [0.25, 0.3) is 0 Å². The van der Waals surface area contributed by atoms with Crippen molar-refractivity contribution < 1.29 is 9.84 Å². The number of nitrogens with one attached hydrogen (secondary N) is 1. The number of aliphatic hydroxyl groups excluding tert-OH is 1. The lowest BCUT2D eigenvalue weighted by atomic mass is 10.1. The molecule has 0 fully saturated rings. The Balaban J connectivity index is 2.23. The molecule has 0 bridgehead atoms. The van der Waals surface area contributed by atoms with E-state index in [1.54, 1.807) is 7.11 Å².